The maximum absolute atomic E-state index is 5.83. The van der Waals surface area contributed by atoms with Gasteiger partial charge in [0.05, 0.1) is 11.8 Å². The highest BCUT2D eigenvalue weighted by Gasteiger charge is 2.07. The van der Waals surface area contributed by atoms with Gasteiger partial charge in [-0.15, -0.1) is 5.10 Å². The van der Waals surface area contributed by atoms with Crippen molar-refractivity contribution in [2.45, 2.75) is 26.9 Å². The number of hydrogen-bond donors (Lipinski definition) is 2. The van der Waals surface area contributed by atoms with Crippen molar-refractivity contribution in [3.63, 3.8) is 0 Å². The number of nitrogens with two attached hydrogens (primary N) is 1. The molecule has 0 saturated carbocycles. The lowest BCUT2D eigenvalue weighted by Crippen LogP contribution is -2.07. The Morgan fingerprint density at radius 1 is 1.28 bits per heavy atom. The van der Waals surface area contributed by atoms with Crippen LogP contribution in [0.15, 0.2) is 24.3 Å². The third-order valence-electron chi connectivity index (χ3n) is 2.25. The summed E-state index contributed by atoms with van der Waals surface area (Å²) in [5.74, 6) is 1.79. The minimum absolute atomic E-state index is 0.0650. The van der Waals surface area contributed by atoms with E-state index in [4.69, 9.17) is 15.2 Å². The Bertz CT molecular complexity index is 535. The molecule has 0 saturated heterocycles. The van der Waals surface area contributed by atoms with Crippen LogP contribution >= 0.6 is 0 Å². The quantitative estimate of drug-likeness (QED) is 0.815. The summed E-state index contributed by atoms with van der Waals surface area (Å²) in [6, 6.07) is 7.12. The van der Waals surface area contributed by atoms with E-state index in [0.717, 1.165) is 5.69 Å². The first-order valence-electron chi connectivity index (χ1n) is 5.80. The summed E-state index contributed by atoms with van der Waals surface area (Å²) in [7, 11) is 0. The van der Waals surface area contributed by atoms with Gasteiger partial charge < -0.3 is 15.2 Å². The van der Waals surface area contributed by atoms with Crippen LogP contribution in [0.2, 0.25) is 0 Å². The zero-order valence-corrected chi connectivity index (χ0v) is 10.7. The molecule has 0 aliphatic carbocycles. The van der Waals surface area contributed by atoms with Crippen LogP contribution in [0.25, 0.3) is 0 Å². The number of hydrogen-bond acceptors (Lipinski definition) is 4. The highest BCUT2D eigenvalue weighted by Crippen LogP contribution is 2.30. The van der Waals surface area contributed by atoms with Crippen LogP contribution in [0.5, 0.6) is 17.4 Å². The molecule has 0 bridgehead atoms. The van der Waals surface area contributed by atoms with Gasteiger partial charge in [0.25, 0.3) is 0 Å². The number of rotatable bonds is 4. The molecule has 0 amide bonds. The lowest BCUT2D eigenvalue weighted by Gasteiger charge is -2.13. The number of aryl methyl sites for hydroxylation is 1. The van der Waals surface area contributed by atoms with Crippen molar-refractivity contribution >= 4 is 5.69 Å². The normalized spacial score (nSPS) is 10.7. The highest BCUT2D eigenvalue weighted by molar-refractivity contribution is 5.56. The Hall–Kier alpha value is -2.17. The number of benzene rings is 1. The minimum Gasteiger partial charge on any atom is -0.489 e. The van der Waals surface area contributed by atoms with Gasteiger partial charge in [0.2, 0.25) is 5.88 Å². The molecular weight excluding hydrogens is 230 g/mol. The average Bonchev–Trinajstić information content (AvgIpc) is 2.68. The second-order valence-corrected chi connectivity index (χ2v) is 4.36. The molecule has 2 rings (SSSR count). The molecule has 0 aliphatic heterocycles. The molecule has 18 heavy (non-hydrogen) atoms. The van der Waals surface area contributed by atoms with Gasteiger partial charge in [-0.3, -0.25) is 5.10 Å². The zero-order chi connectivity index (χ0) is 13.1. The van der Waals surface area contributed by atoms with Crippen molar-refractivity contribution in [1.82, 2.24) is 10.2 Å². The van der Waals surface area contributed by atoms with E-state index in [1.165, 1.54) is 0 Å². The van der Waals surface area contributed by atoms with E-state index in [0.29, 0.717) is 23.1 Å². The summed E-state index contributed by atoms with van der Waals surface area (Å²) in [5, 5.41) is 6.82. The van der Waals surface area contributed by atoms with Crippen molar-refractivity contribution in [3.05, 3.63) is 30.0 Å². The minimum atomic E-state index is 0.0650. The summed E-state index contributed by atoms with van der Waals surface area (Å²) >= 11 is 0. The Balaban J connectivity index is 2.18. The monoisotopic (exact) mass is 247 g/mol. The Morgan fingerprint density at radius 3 is 2.67 bits per heavy atom. The van der Waals surface area contributed by atoms with Crippen LogP contribution in [0.3, 0.4) is 0 Å². The van der Waals surface area contributed by atoms with Gasteiger partial charge in [-0.25, -0.2) is 0 Å². The fraction of sp³-hybridized carbons (Fsp3) is 0.308. The molecule has 0 unspecified atom stereocenters. The Morgan fingerprint density at radius 2 is 2.06 bits per heavy atom. The number of ether oxygens (including phenoxy) is 2. The van der Waals surface area contributed by atoms with Crippen LogP contribution in [0.4, 0.5) is 5.69 Å². The molecule has 5 heteroatoms. The van der Waals surface area contributed by atoms with Crippen LogP contribution < -0.4 is 15.2 Å². The Labute approximate surface area is 106 Å². The molecule has 0 radical (unpaired) electrons. The van der Waals surface area contributed by atoms with Gasteiger partial charge in [-0.05, 0) is 32.9 Å². The fourth-order valence-corrected chi connectivity index (χ4v) is 1.50. The van der Waals surface area contributed by atoms with Gasteiger partial charge in [0.15, 0.2) is 0 Å². The number of anilines is 1. The van der Waals surface area contributed by atoms with E-state index in [1.54, 1.807) is 18.2 Å². The lowest BCUT2D eigenvalue weighted by molar-refractivity contribution is 0.243. The van der Waals surface area contributed by atoms with Crippen molar-refractivity contribution in [1.29, 1.82) is 0 Å². The van der Waals surface area contributed by atoms with Gasteiger partial charge in [0, 0.05) is 17.8 Å². The van der Waals surface area contributed by atoms with E-state index in [-0.39, 0.29) is 6.10 Å². The number of nitrogen functional groups attached to an aromatic ring is 1. The van der Waals surface area contributed by atoms with E-state index in [9.17, 15) is 0 Å². The summed E-state index contributed by atoms with van der Waals surface area (Å²) in [6.07, 6.45) is 0.0650. The molecule has 0 atom stereocenters. The smallest absolute Gasteiger partial charge is 0.238 e. The van der Waals surface area contributed by atoms with E-state index in [1.807, 2.05) is 26.8 Å². The maximum Gasteiger partial charge on any atom is 0.238 e. The second kappa shape index (κ2) is 5.00. The largest absolute Gasteiger partial charge is 0.489 e. The molecule has 1 aromatic heterocycles. The van der Waals surface area contributed by atoms with Crippen LogP contribution in [0, 0.1) is 6.92 Å². The number of nitrogens with one attached hydrogen (secondary N) is 1. The topological polar surface area (TPSA) is 73.2 Å². The highest BCUT2D eigenvalue weighted by atomic mass is 16.5. The van der Waals surface area contributed by atoms with Gasteiger partial charge in [0.1, 0.15) is 11.5 Å². The van der Waals surface area contributed by atoms with Crippen molar-refractivity contribution in [2.24, 2.45) is 0 Å². The molecule has 2 aromatic rings. The molecule has 96 valence electrons. The van der Waals surface area contributed by atoms with E-state index in [2.05, 4.69) is 10.2 Å². The van der Waals surface area contributed by atoms with Crippen LogP contribution in [-0.4, -0.2) is 16.3 Å². The molecule has 3 N–H and O–H groups in total. The summed E-state index contributed by atoms with van der Waals surface area (Å²) in [4.78, 5) is 0. The fourth-order valence-electron chi connectivity index (χ4n) is 1.50. The predicted octanol–water partition coefficient (Wildman–Crippen LogP) is 2.88. The maximum atomic E-state index is 5.83. The molecule has 1 heterocycles. The number of aromatic nitrogens is 2. The first kappa shape index (κ1) is 12.3. The van der Waals surface area contributed by atoms with E-state index >= 15 is 0 Å². The average molecular weight is 247 g/mol. The molecule has 1 aromatic carbocycles. The van der Waals surface area contributed by atoms with Crippen LogP contribution in [-0.2, 0) is 0 Å². The summed E-state index contributed by atoms with van der Waals surface area (Å²) in [6.45, 7) is 5.81. The second-order valence-electron chi connectivity index (χ2n) is 4.36. The standard InChI is InChI=1S/C13H17N3O2/c1-8(2)17-12-7-10(4-5-11(12)14)18-13-6-9(3)15-16-13/h4-8H,14H2,1-3H3,(H,15,16). The first-order valence-corrected chi connectivity index (χ1v) is 5.80. The Kier molecular flexibility index (Phi) is 3.41. The van der Waals surface area contributed by atoms with Gasteiger partial charge >= 0.3 is 0 Å². The van der Waals surface area contributed by atoms with Crippen LogP contribution in [0.1, 0.15) is 19.5 Å². The summed E-state index contributed by atoms with van der Waals surface area (Å²) < 4.78 is 11.2. The zero-order valence-electron chi connectivity index (χ0n) is 10.7. The molecule has 0 aliphatic rings. The summed E-state index contributed by atoms with van der Waals surface area (Å²) in [5.41, 5.74) is 7.37. The van der Waals surface area contributed by atoms with Gasteiger partial charge in [-0.2, -0.15) is 0 Å². The molecular formula is C13H17N3O2. The molecule has 5 nitrogen and oxygen atoms in total. The van der Waals surface area contributed by atoms with E-state index < -0.39 is 0 Å². The van der Waals surface area contributed by atoms with Crippen molar-refractivity contribution in [3.8, 4) is 17.4 Å². The number of aromatic amines is 1. The number of nitrogens with zero attached hydrogens (tertiary/aromatic N) is 1. The van der Waals surface area contributed by atoms with Crippen molar-refractivity contribution in [2.75, 3.05) is 5.73 Å². The SMILES string of the molecule is Cc1cc(Oc2ccc(N)c(OC(C)C)c2)n[nH]1. The van der Waals surface area contributed by atoms with Crippen molar-refractivity contribution < 1.29 is 9.47 Å². The lowest BCUT2D eigenvalue weighted by atomic mass is 10.3. The number of H-pyrrole nitrogens is 1. The third-order valence-corrected chi connectivity index (χ3v) is 2.25. The predicted molar refractivity (Wildman–Crippen MR) is 70.0 cm³/mol. The molecule has 0 fully saturated rings. The third kappa shape index (κ3) is 2.94. The molecule has 0 spiro atoms. The first-order chi connectivity index (χ1) is 8.54. The van der Waals surface area contributed by atoms with Gasteiger partial charge in [-0.1, -0.05) is 0 Å².